The summed E-state index contributed by atoms with van der Waals surface area (Å²) in [5.74, 6) is 0.745. The number of nitrogens with zero attached hydrogens (tertiary/aromatic N) is 3. The predicted octanol–water partition coefficient (Wildman–Crippen LogP) is 4.66. The number of aryl methyl sites for hydroxylation is 2. The van der Waals surface area contributed by atoms with Crippen LogP contribution in [-0.2, 0) is 20.1 Å². The van der Waals surface area contributed by atoms with Gasteiger partial charge in [-0.1, -0.05) is 23.0 Å². The van der Waals surface area contributed by atoms with Gasteiger partial charge in [0.25, 0.3) is 0 Å². The molecule has 35 heavy (non-hydrogen) atoms. The summed E-state index contributed by atoms with van der Waals surface area (Å²) in [5, 5.41) is 18.3. The molecule has 2 heterocycles. The molecule has 0 fully saturated rings. The lowest BCUT2D eigenvalue weighted by atomic mass is 10.2. The number of thioether (sulfide) groups is 1. The van der Waals surface area contributed by atoms with Crippen molar-refractivity contribution in [1.29, 1.82) is 5.26 Å². The fourth-order valence-corrected chi connectivity index (χ4v) is 5.44. The van der Waals surface area contributed by atoms with Crippen molar-refractivity contribution in [3.05, 3.63) is 65.0 Å². The summed E-state index contributed by atoms with van der Waals surface area (Å²) in [7, 11) is 0. The number of nitrogens with one attached hydrogen (secondary N) is 2. The average Bonchev–Trinajstić information content (AvgIpc) is 3.39. The molecule has 2 amide bonds. The molecule has 0 saturated heterocycles. The van der Waals surface area contributed by atoms with Gasteiger partial charge in [-0.3, -0.25) is 9.59 Å². The van der Waals surface area contributed by atoms with E-state index in [2.05, 4.69) is 20.8 Å². The molecule has 2 N–H and O–H groups in total. The molecule has 178 valence electrons. The Hall–Kier alpha value is -3.72. The second kappa shape index (κ2) is 11.1. The third-order valence-corrected chi connectivity index (χ3v) is 7.10. The van der Waals surface area contributed by atoms with E-state index < -0.39 is 5.91 Å². The normalized spacial score (nSPS) is 10.8. The zero-order valence-corrected chi connectivity index (χ0v) is 20.6. The van der Waals surface area contributed by atoms with Crippen LogP contribution in [0.2, 0.25) is 0 Å². The summed E-state index contributed by atoms with van der Waals surface area (Å²) < 4.78 is 12.3. The number of benzene rings is 2. The lowest BCUT2D eigenvalue weighted by Crippen LogP contribution is -2.23. The van der Waals surface area contributed by atoms with Crippen molar-refractivity contribution < 1.29 is 18.8 Å². The van der Waals surface area contributed by atoms with Crippen molar-refractivity contribution in [3.8, 4) is 6.07 Å². The van der Waals surface area contributed by atoms with Crippen LogP contribution in [0.5, 0.6) is 0 Å². The molecule has 0 radical (unpaired) electrons. The van der Waals surface area contributed by atoms with Gasteiger partial charge in [-0.25, -0.2) is 4.98 Å². The minimum Gasteiger partial charge on any atom is -0.362 e. The molecule has 2 aromatic carbocycles. The zero-order valence-electron chi connectivity index (χ0n) is 19.0. The minimum absolute atomic E-state index is 0.273. The molecule has 0 spiro atoms. The fraction of sp³-hybridized carbons (Fsp3) is 0.208. The van der Waals surface area contributed by atoms with E-state index in [9.17, 15) is 9.59 Å². The number of aromatic nitrogens is 2. The quantitative estimate of drug-likeness (QED) is 0.313. The van der Waals surface area contributed by atoms with Crippen LogP contribution >= 0.6 is 23.1 Å². The molecule has 4 rings (SSSR count). The van der Waals surface area contributed by atoms with Crippen LogP contribution in [0.3, 0.4) is 0 Å². The molecule has 0 saturated carbocycles. The third kappa shape index (κ3) is 6.45. The first kappa shape index (κ1) is 24.4. The maximum absolute atomic E-state index is 12.2. The van der Waals surface area contributed by atoms with E-state index in [0.717, 1.165) is 37.3 Å². The highest BCUT2D eigenvalue weighted by molar-refractivity contribution is 8.00. The third-order valence-electron chi connectivity index (χ3n) is 4.92. The van der Waals surface area contributed by atoms with Gasteiger partial charge in [-0.15, -0.1) is 11.3 Å². The van der Waals surface area contributed by atoms with Crippen LogP contribution < -0.4 is 10.6 Å². The molecule has 0 aliphatic rings. The van der Waals surface area contributed by atoms with Crippen molar-refractivity contribution in [1.82, 2.24) is 10.1 Å². The fourth-order valence-electron chi connectivity index (χ4n) is 3.18. The van der Waals surface area contributed by atoms with Crippen molar-refractivity contribution in [2.75, 3.05) is 23.8 Å². The smallest absolute Gasteiger partial charge is 0.250 e. The molecule has 2 aromatic heterocycles. The first-order valence-corrected chi connectivity index (χ1v) is 12.3. The number of ether oxygens (including phenoxy) is 1. The SMILES string of the molecule is Cc1noc(C)c1CSc1nc2ccc(NC(=O)COCC(=O)Nc3cccc(C#N)c3)cc2s1. The first-order valence-electron chi connectivity index (χ1n) is 10.5. The minimum atomic E-state index is -0.416. The van der Waals surface area contributed by atoms with Crippen LogP contribution in [-0.4, -0.2) is 35.2 Å². The first-order chi connectivity index (χ1) is 16.9. The molecule has 9 nitrogen and oxygen atoms in total. The highest BCUT2D eigenvalue weighted by atomic mass is 32.2. The van der Waals surface area contributed by atoms with Gasteiger partial charge in [0.05, 0.1) is 27.5 Å². The number of hydrogen-bond donors (Lipinski definition) is 2. The highest BCUT2D eigenvalue weighted by Crippen LogP contribution is 2.34. The molecule has 0 aliphatic heterocycles. The Labute approximate surface area is 209 Å². The van der Waals surface area contributed by atoms with Crippen LogP contribution in [0.25, 0.3) is 10.2 Å². The van der Waals surface area contributed by atoms with E-state index in [4.69, 9.17) is 14.5 Å². The van der Waals surface area contributed by atoms with Gasteiger partial charge in [0.1, 0.15) is 19.0 Å². The van der Waals surface area contributed by atoms with E-state index in [0.29, 0.717) is 16.9 Å². The largest absolute Gasteiger partial charge is 0.362 e. The summed E-state index contributed by atoms with van der Waals surface area (Å²) >= 11 is 3.16. The number of thiazole rings is 1. The summed E-state index contributed by atoms with van der Waals surface area (Å²) in [6.45, 7) is 3.26. The molecule has 11 heteroatoms. The Morgan fingerprint density at radius 1 is 1.11 bits per heavy atom. The lowest BCUT2D eigenvalue weighted by Gasteiger charge is -2.07. The van der Waals surface area contributed by atoms with Crippen molar-refractivity contribution >= 4 is 56.5 Å². The van der Waals surface area contributed by atoms with Crippen LogP contribution in [0.15, 0.2) is 51.3 Å². The van der Waals surface area contributed by atoms with Crippen molar-refractivity contribution in [2.24, 2.45) is 0 Å². The Bertz CT molecular complexity index is 1400. The number of rotatable bonds is 9. The lowest BCUT2D eigenvalue weighted by molar-refractivity contribution is -0.125. The monoisotopic (exact) mass is 507 g/mol. The van der Waals surface area contributed by atoms with Crippen LogP contribution in [0.1, 0.15) is 22.6 Å². The summed E-state index contributed by atoms with van der Waals surface area (Å²) in [6, 6.07) is 14.0. The number of amides is 2. The van der Waals surface area contributed by atoms with E-state index in [1.165, 1.54) is 0 Å². The number of carbonyl (C=O) groups excluding carboxylic acids is 2. The molecule has 0 aliphatic carbocycles. The maximum atomic E-state index is 12.2. The highest BCUT2D eigenvalue weighted by Gasteiger charge is 2.12. The van der Waals surface area contributed by atoms with Crippen molar-refractivity contribution in [3.63, 3.8) is 0 Å². The van der Waals surface area contributed by atoms with E-state index >= 15 is 0 Å². The standard InChI is InChI=1S/C24H21N5O4S2/c1-14-19(15(2)33-29-14)13-34-24-28-20-7-6-18(9-21(20)35-24)27-23(31)12-32-11-22(30)26-17-5-3-4-16(8-17)10-25/h3-9H,11-13H2,1-2H3,(H,26,30)(H,27,31). The van der Waals surface area contributed by atoms with Crippen LogP contribution in [0, 0.1) is 25.2 Å². The second-order valence-electron chi connectivity index (χ2n) is 7.54. The molecule has 0 atom stereocenters. The number of fused-ring (bicyclic) bond motifs is 1. The van der Waals surface area contributed by atoms with Gasteiger partial charge >= 0.3 is 0 Å². The van der Waals surface area contributed by atoms with Crippen LogP contribution in [0.4, 0.5) is 11.4 Å². The van der Waals surface area contributed by atoms with Gasteiger partial charge in [0.15, 0.2) is 4.34 Å². The molecular weight excluding hydrogens is 486 g/mol. The van der Waals surface area contributed by atoms with Gasteiger partial charge in [0, 0.05) is 22.7 Å². The second-order valence-corrected chi connectivity index (χ2v) is 9.79. The number of carbonyl (C=O) groups is 2. The van der Waals surface area contributed by atoms with Gasteiger partial charge in [-0.2, -0.15) is 5.26 Å². The molecular formula is C24H21N5O4S2. The predicted molar refractivity (Wildman–Crippen MR) is 134 cm³/mol. The number of hydrogen-bond acceptors (Lipinski definition) is 9. The summed E-state index contributed by atoms with van der Waals surface area (Å²) in [5.41, 5.74) is 4.36. The van der Waals surface area contributed by atoms with E-state index in [1.54, 1.807) is 53.4 Å². The van der Waals surface area contributed by atoms with E-state index in [-0.39, 0.29) is 19.1 Å². The maximum Gasteiger partial charge on any atom is 0.250 e. The Balaban J connectivity index is 1.26. The van der Waals surface area contributed by atoms with Gasteiger partial charge < -0.3 is 19.9 Å². The Kier molecular flexibility index (Phi) is 7.77. The van der Waals surface area contributed by atoms with E-state index in [1.807, 2.05) is 32.0 Å². The molecule has 0 unspecified atom stereocenters. The summed E-state index contributed by atoms with van der Waals surface area (Å²) in [6.07, 6.45) is 0. The molecule has 4 aromatic rings. The van der Waals surface area contributed by atoms with Crippen molar-refractivity contribution in [2.45, 2.75) is 23.9 Å². The molecule has 0 bridgehead atoms. The zero-order chi connectivity index (χ0) is 24.8. The average molecular weight is 508 g/mol. The Morgan fingerprint density at radius 3 is 2.54 bits per heavy atom. The summed E-state index contributed by atoms with van der Waals surface area (Å²) in [4.78, 5) is 28.9. The van der Waals surface area contributed by atoms with Gasteiger partial charge in [-0.05, 0) is 50.2 Å². The number of anilines is 2. The number of nitriles is 1. The Morgan fingerprint density at radius 2 is 1.86 bits per heavy atom. The topological polar surface area (TPSA) is 130 Å². The van der Waals surface area contributed by atoms with Gasteiger partial charge in [0.2, 0.25) is 11.8 Å².